The van der Waals surface area contributed by atoms with Crippen LogP contribution in [-0.2, 0) is 0 Å². The molecule has 1 rings (SSSR count). The fourth-order valence-electron chi connectivity index (χ4n) is 1.60. The summed E-state index contributed by atoms with van der Waals surface area (Å²) < 4.78 is 0. The van der Waals surface area contributed by atoms with E-state index in [0.29, 0.717) is 6.04 Å². The summed E-state index contributed by atoms with van der Waals surface area (Å²) in [5.41, 5.74) is 0. The lowest BCUT2D eigenvalue weighted by molar-refractivity contribution is 0.195. The lowest BCUT2D eigenvalue weighted by Gasteiger charge is -2.18. The molecule has 1 saturated carbocycles. The SMILES string of the molecule is CCN(CC)CCSCC(O)CNC1CC1. The molecule has 4 heteroatoms. The predicted octanol–water partition coefficient (Wildman–Crippen LogP) is 1.17. The van der Waals surface area contributed by atoms with E-state index in [1.165, 1.54) is 12.8 Å². The Morgan fingerprint density at radius 2 is 2.06 bits per heavy atom. The van der Waals surface area contributed by atoms with Crippen molar-refractivity contribution < 1.29 is 5.11 Å². The number of aliphatic hydroxyl groups excluding tert-OH is 1. The molecule has 3 nitrogen and oxygen atoms in total. The molecular weight excluding hydrogens is 220 g/mol. The molecule has 1 unspecified atom stereocenters. The van der Waals surface area contributed by atoms with Gasteiger partial charge in [-0.3, -0.25) is 0 Å². The lowest BCUT2D eigenvalue weighted by Crippen LogP contribution is -2.30. The van der Waals surface area contributed by atoms with Crippen molar-refractivity contribution in [2.24, 2.45) is 0 Å². The maximum absolute atomic E-state index is 9.71. The van der Waals surface area contributed by atoms with Crippen LogP contribution in [0.2, 0.25) is 0 Å². The molecule has 1 aliphatic rings. The highest BCUT2D eigenvalue weighted by molar-refractivity contribution is 7.99. The highest BCUT2D eigenvalue weighted by Gasteiger charge is 2.21. The molecule has 0 amide bonds. The first kappa shape index (κ1) is 14.3. The number of thioether (sulfide) groups is 1. The van der Waals surface area contributed by atoms with Gasteiger partial charge in [-0.15, -0.1) is 0 Å². The molecule has 0 heterocycles. The van der Waals surface area contributed by atoms with Gasteiger partial charge in [-0.25, -0.2) is 0 Å². The third kappa shape index (κ3) is 6.74. The summed E-state index contributed by atoms with van der Waals surface area (Å²) in [6.07, 6.45) is 2.41. The molecule has 1 aliphatic carbocycles. The molecule has 1 fully saturated rings. The van der Waals surface area contributed by atoms with Crippen LogP contribution in [0.1, 0.15) is 26.7 Å². The molecule has 0 aliphatic heterocycles. The van der Waals surface area contributed by atoms with Crippen LogP contribution in [0.15, 0.2) is 0 Å². The summed E-state index contributed by atoms with van der Waals surface area (Å²) in [4.78, 5) is 2.42. The molecular formula is C12H26N2OS. The van der Waals surface area contributed by atoms with Gasteiger partial charge in [-0.2, -0.15) is 11.8 Å². The zero-order chi connectivity index (χ0) is 11.8. The average Bonchev–Trinajstić information content (AvgIpc) is 3.10. The fraction of sp³-hybridized carbons (Fsp3) is 1.00. The summed E-state index contributed by atoms with van der Waals surface area (Å²) in [7, 11) is 0. The smallest absolute Gasteiger partial charge is 0.0754 e. The third-order valence-electron chi connectivity index (χ3n) is 2.98. The molecule has 0 radical (unpaired) electrons. The van der Waals surface area contributed by atoms with Crippen molar-refractivity contribution in [3.63, 3.8) is 0 Å². The normalized spacial score (nSPS) is 18.0. The zero-order valence-corrected chi connectivity index (χ0v) is 11.4. The Balaban J connectivity index is 1.88. The molecule has 0 saturated heterocycles. The van der Waals surface area contributed by atoms with Gasteiger partial charge < -0.3 is 15.3 Å². The molecule has 0 bridgehead atoms. The van der Waals surface area contributed by atoms with Crippen LogP contribution in [-0.4, -0.2) is 59.8 Å². The quantitative estimate of drug-likeness (QED) is 0.567. The summed E-state index contributed by atoms with van der Waals surface area (Å²) in [5.74, 6) is 1.99. The molecule has 0 aromatic carbocycles. The van der Waals surface area contributed by atoms with Crippen LogP contribution < -0.4 is 5.32 Å². The van der Waals surface area contributed by atoms with E-state index < -0.39 is 0 Å². The first-order valence-corrected chi connectivity index (χ1v) is 7.63. The van der Waals surface area contributed by atoms with E-state index in [1.807, 2.05) is 11.8 Å². The van der Waals surface area contributed by atoms with Gasteiger partial charge >= 0.3 is 0 Å². The number of nitrogens with zero attached hydrogens (tertiary/aromatic N) is 1. The van der Waals surface area contributed by atoms with Crippen LogP contribution in [0.25, 0.3) is 0 Å². The Morgan fingerprint density at radius 3 is 2.62 bits per heavy atom. The zero-order valence-electron chi connectivity index (χ0n) is 10.6. The molecule has 96 valence electrons. The monoisotopic (exact) mass is 246 g/mol. The number of nitrogens with one attached hydrogen (secondary N) is 1. The van der Waals surface area contributed by atoms with Crippen LogP contribution in [0, 0.1) is 0 Å². The van der Waals surface area contributed by atoms with Crippen molar-refractivity contribution in [3.8, 4) is 0 Å². The Bertz CT molecular complexity index is 172. The molecule has 0 aromatic heterocycles. The molecule has 1 atom stereocenters. The Kier molecular flexibility index (Phi) is 7.45. The van der Waals surface area contributed by atoms with E-state index in [0.717, 1.165) is 37.7 Å². The van der Waals surface area contributed by atoms with E-state index in [2.05, 4.69) is 24.1 Å². The van der Waals surface area contributed by atoms with Crippen molar-refractivity contribution >= 4 is 11.8 Å². The molecule has 0 aromatic rings. The van der Waals surface area contributed by atoms with Crippen molar-refractivity contribution in [1.82, 2.24) is 10.2 Å². The van der Waals surface area contributed by atoms with Gasteiger partial charge in [-0.1, -0.05) is 13.8 Å². The van der Waals surface area contributed by atoms with Gasteiger partial charge in [0.2, 0.25) is 0 Å². The van der Waals surface area contributed by atoms with Crippen LogP contribution in [0.3, 0.4) is 0 Å². The van der Waals surface area contributed by atoms with Crippen LogP contribution >= 0.6 is 11.8 Å². The van der Waals surface area contributed by atoms with Gasteiger partial charge in [-0.05, 0) is 25.9 Å². The molecule has 16 heavy (non-hydrogen) atoms. The maximum Gasteiger partial charge on any atom is 0.0754 e. The number of rotatable bonds is 10. The number of hydrogen-bond acceptors (Lipinski definition) is 4. The third-order valence-corrected chi connectivity index (χ3v) is 4.07. The van der Waals surface area contributed by atoms with Gasteiger partial charge in [0, 0.05) is 30.6 Å². The summed E-state index contributed by atoms with van der Waals surface area (Å²) in [6, 6.07) is 0.704. The van der Waals surface area contributed by atoms with E-state index in [-0.39, 0.29) is 6.10 Å². The lowest BCUT2D eigenvalue weighted by atomic mass is 10.4. The van der Waals surface area contributed by atoms with Crippen molar-refractivity contribution in [2.45, 2.75) is 38.8 Å². The maximum atomic E-state index is 9.71. The largest absolute Gasteiger partial charge is 0.391 e. The van der Waals surface area contributed by atoms with E-state index >= 15 is 0 Å². The Morgan fingerprint density at radius 1 is 1.38 bits per heavy atom. The van der Waals surface area contributed by atoms with E-state index in [1.54, 1.807) is 0 Å². The van der Waals surface area contributed by atoms with Gasteiger partial charge in [0.1, 0.15) is 0 Å². The van der Waals surface area contributed by atoms with Gasteiger partial charge in [0.05, 0.1) is 6.10 Å². The molecule has 2 N–H and O–H groups in total. The van der Waals surface area contributed by atoms with Crippen LogP contribution in [0.4, 0.5) is 0 Å². The van der Waals surface area contributed by atoms with Crippen LogP contribution in [0.5, 0.6) is 0 Å². The average molecular weight is 246 g/mol. The first-order chi connectivity index (χ1) is 7.76. The second-order valence-electron chi connectivity index (χ2n) is 4.44. The Hall–Kier alpha value is 0.230. The Labute approximate surface area is 104 Å². The number of hydrogen-bond donors (Lipinski definition) is 2. The summed E-state index contributed by atoms with van der Waals surface area (Å²) in [6.45, 7) is 8.56. The van der Waals surface area contributed by atoms with Crippen molar-refractivity contribution in [3.05, 3.63) is 0 Å². The van der Waals surface area contributed by atoms with Gasteiger partial charge in [0.15, 0.2) is 0 Å². The first-order valence-electron chi connectivity index (χ1n) is 6.47. The summed E-state index contributed by atoms with van der Waals surface area (Å²) in [5, 5.41) is 13.1. The topological polar surface area (TPSA) is 35.5 Å². The second-order valence-corrected chi connectivity index (χ2v) is 5.59. The standard InChI is InChI=1S/C12H26N2OS/c1-3-14(4-2)7-8-16-10-12(15)9-13-11-5-6-11/h11-13,15H,3-10H2,1-2H3. The van der Waals surface area contributed by atoms with E-state index in [9.17, 15) is 5.11 Å². The summed E-state index contributed by atoms with van der Waals surface area (Å²) >= 11 is 1.86. The second kappa shape index (κ2) is 8.34. The van der Waals surface area contributed by atoms with Crippen molar-refractivity contribution in [2.75, 3.05) is 37.7 Å². The van der Waals surface area contributed by atoms with E-state index in [4.69, 9.17) is 0 Å². The predicted molar refractivity (Wildman–Crippen MR) is 72.1 cm³/mol. The minimum Gasteiger partial charge on any atom is -0.391 e. The number of aliphatic hydroxyl groups is 1. The highest BCUT2D eigenvalue weighted by Crippen LogP contribution is 2.18. The van der Waals surface area contributed by atoms with Gasteiger partial charge in [0.25, 0.3) is 0 Å². The highest BCUT2D eigenvalue weighted by atomic mass is 32.2. The minimum absolute atomic E-state index is 0.178. The minimum atomic E-state index is -0.178. The fourth-order valence-corrected chi connectivity index (χ4v) is 2.55. The molecule has 0 spiro atoms. The van der Waals surface area contributed by atoms with Crippen molar-refractivity contribution in [1.29, 1.82) is 0 Å².